The Morgan fingerprint density at radius 2 is 0.721 bits per heavy atom. The van der Waals surface area contributed by atoms with Gasteiger partial charge in [-0.15, -0.1) is 0 Å². The number of aliphatic carboxylic acids is 1. The molecule has 362 valence electrons. The van der Waals surface area contributed by atoms with Gasteiger partial charge in [0.1, 0.15) is 12.6 Å². The maximum absolute atomic E-state index is 12.7. The van der Waals surface area contributed by atoms with Crippen LogP contribution in [0.2, 0.25) is 0 Å². The summed E-state index contributed by atoms with van der Waals surface area (Å²) in [7, 11) is -4.71. The second-order valence-corrected chi connectivity index (χ2v) is 19.1. The molecule has 12 heteroatoms. The summed E-state index contributed by atoms with van der Waals surface area (Å²) in [5.74, 6) is -2.35. The quantitative estimate of drug-likeness (QED) is 0.0301. The Morgan fingerprint density at radius 3 is 1.03 bits per heavy atom. The van der Waals surface area contributed by atoms with Crippen LogP contribution in [0.5, 0.6) is 0 Å². The smallest absolute Gasteiger partial charge is 0.472 e. The van der Waals surface area contributed by atoms with Crippen LogP contribution in [0.4, 0.5) is 0 Å². The third-order valence-electron chi connectivity index (χ3n) is 11.6. The molecule has 0 aromatic heterocycles. The third kappa shape index (κ3) is 44.9. The van der Waals surface area contributed by atoms with Crippen molar-refractivity contribution in [1.82, 2.24) is 0 Å². The minimum absolute atomic E-state index is 0.170. The number of esters is 2. The average Bonchev–Trinajstić information content (AvgIpc) is 3.24. The number of hydrogen-bond donors (Lipinski definition) is 3. The van der Waals surface area contributed by atoms with E-state index in [0.717, 1.165) is 38.5 Å². The first-order valence-electron chi connectivity index (χ1n) is 25.6. The van der Waals surface area contributed by atoms with Crippen LogP contribution < -0.4 is 5.73 Å². The molecule has 0 radical (unpaired) electrons. The van der Waals surface area contributed by atoms with Crippen molar-refractivity contribution in [2.24, 2.45) is 5.73 Å². The maximum atomic E-state index is 12.7. The summed E-state index contributed by atoms with van der Waals surface area (Å²) >= 11 is 0. The number of phosphoric ester groups is 1. The average molecular weight is 890 g/mol. The van der Waals surface area contributed by atoms with Gasteiger partial charge in [-0.05, 0) is 12.8 Å². The van der Waals surface area contributed by atoms with E-state index in [1.165, 1.54) is 186 Å². The molecule has 0 aliphatic carbocycles. The maximum Gasteiger partial charge on any atom is 0.472 e. The molecule has 0 saturated carbocycles. The molecule has 3 unspecified atom stereocenters. The summed E-state index contributed by atoms with van der Waals surface area (Å²) in [5.41, 5.74) is 5.35. The van der Waals surface area contributed by atoms with E-state index in [-0.39, 0.29) is 19.4 Å². The zero-order chi connectivity index (χ0) is 44.9. The predicted molar refractivity (Wildman–Crippen MR) is 250 cm³/mol. The molecule has 0 aliphatic heterocycles. The number of nitrogens with two attached hydrogens (primary N) is 1. The van der Waals surface area contributed by atoms with Gasteiger partial charge in [-0.2, -0.15) is 0 Å². The zero-order valence-electron chi connectivity index (χ0n) is 39.5. The van der Waals surface area contributed by atoms with Crippen LogP contribution in [0.1, 0.15) is 264 Å². The van der Waals surface area contributed by atoms with Gasteiger partial charge in [0.05, 0.1) is 13.2 Å². The summed E-state index contributed by atoms with van der Waals surface area (Å²) in [5, 5.41) is 8.92. The number of rotatable bonds is 49. The highest BCUT2D eigenvalue weighted by atomic mass is 31.2. The molecule has 11 nitrogen and oxygen atoms in total. The molecule has 3 atom stereocenters. The first-order chi connectivity index (χ1) is 29.6. The highest BCUT2D eigenvalue weighted by Crippen LogP contribution is 2.43. The second-order valence-electron chi connectivity index (χ2n) is 17.7. The fourth-order valence-corrected chi connectivity index (χ4v) is 8.38. The highest BCUT2D eigenvalue weighted by Gasteiger charge is 2.28. The number of carboxylic acid groups (broad SMARTS) is 1. The Kier molecular flexibility index (Phi) is 43.9. The van der Waals surface area contributed by atoms with Gasteiger partial charge in [0.25, 0.3) is 0 Å². The summed E-state index contributed by atoms with van der Waals surface area (Å²) in [4.78, 5) is 46.2. The van der Waals surface area contributed by atoms with Crippen molar-refractivity contribution in [1.29, 1.82) is 0 Å². The van der Waals surface area contributed by atoms with Crippen LogP contribution in [0.25, 0.3) is 0 Å². The van der Waals surface area contributed by atoms with E-state index in [9.17, 15) is 23.8 Å². The minimum Gasteiger partial charge on any atom is -0.480 e. The number of carboxylic acids is 1. The van der Waals surface area contributed by atoms with Crippen LogP contribution in [-0.4, -0.2) is 59.9 Å². The lowest BCUT2D eigenvalue weighted by Crippen LogP contribution is -2.34. The third-order valence-corrected chi connectivity index (χ3v) is 12.6. The van der Waals surface area contributed by atoms with Gasteiger partial charge in [-0.1, -0.05) is 239 Å². The van der Waals surface area contributed by atoms with Crippen LogP contribution in [0, 0.1) is 0 Å². The summed E-state index contributed by atoms with van der Waals surface area (Å²) < 4.78 is 32.9. The molecule has 0 aromatic rings. The Bertz CT molecular complexity index is 1050. The molecule has 0 aromatic carbocycles. The zero-order valence-corrected chi connectivity index (χ0v) is 40.4. The van der Waals surface area contributed by atoms with Gasteiger partial charge in [-0.3, -0.25) is 23.4 Å². The van der Waals surface area contributed by atoms with Gasteiger partial charge < -0.3 is 25.2 Å². The molecule has 0 amide bonds. The topological polar surface area (TPSA) is 172 Å². The standard InChI is InChI=1S/C49H96NO10P/c1-3-5-7-9-11-13-15-17-19-21-22-23-25-27-29-31-33-35-37-39-41-48(52)60-45(43-58-61(55,56)59-44-46(50)49(53)54)42-57-47(51)40-38-36-34-32-30-28-26-24-20-18-16-14-12-10-8-6-4-2/h45-46H,3-44,50H2,1-2H3,(H,53,54)(H,55,56). The molecule has 0 heterocycles. The van der Waals surface area contributed by atoms with Crippen LogP contribution in [-0.2, 0) is 37.5 Å². The molecule has 0 fully saturated rings. The molecule has 0 aliphatic rings. The molecule has 4 N–H and O–H groups in total. The largest absolute Gasteiger partial charge is 0.480 e. The summed E-state index contributed by atoms with van der Waals surface area (Å²) in [6.45, 7) is 2.87. The molecule has 0 saturated heterocycles. The lowest BCUT2D eigenvalue weighted by atomic mass is 10.0. The van der Waals surface area contributed by atoms with E-state index >= 15 is 0 Å². The molecule has 0 rings (SSSR count). The van der Waals surface area contributed by atoms with Crippen molar-refractivity contribution in [2.45, 2.75) is 276 Å². The van der Waals surface area contributed by atoms with Crippen LogP contribution in [0.15, 0.2) is 0 Å². The van der Waals surface area contributed by atoms with Gasteiger partial charge in [0.2, 0.25) is 0 Å². The summed E-state index contributed by atoms with van der Waals surface area (Å²) in [6.07, 6.45) is 45.9. The van der Waals surface area contributed by atoms with E-state index in [1.807, 2.05) is 0 Å². The first-order valence-corrected chi connectivity index (χ1v) is 27.1. The fraction of sp³-hybridized carbons (Fsp3) is 0.939. The van der Waals surface area contributed by atoms with Crippen molar-refractivity contribution < 1.29 is 47.5 Å². The van der Waals surface area contributed by atoms with Crippen molar-refractivity contribution in [3.8, 4) is 0 Å². The number of unbranched alkanes of at least 4 members (excludes halogenated alkanes) is 35. The number of hydrogen-bond acceptors (Lipinski definition) is 9. The Labute approximate surface area is 374 Å². The lowest BCUT2D eigenvalue weighted by Gasteiger charge is -2.20. The van der Waals surface area contributed by atoms with E-state index < -0.39 is 51.1 Å². The molecular formula is C49H96NO10P. The molecule has 0 spiro atoms. The van der Waals surface area contributed by atoms with Crippen LogP contribution in [0.3, 0.4) is 0 Å². The van der Waals surface area contributed by atoms with Crippen LogP contribution >= 0.6 is 7.82 Å². The Hall–Kier alpha value is -1.52. The van der Waals surface area contributed by atoms with E-state index in [2.05, 4.69) is 18.4 Å². The first kappa shape index (κ1) is 59.5. The van der Waals surface area contributed by atoms with Crippen molar-refractivity contribution in [3.63, 3.8) is 0 Å². The lowest BCUT2D eigenvalue weighted by molar-refractivity contribution is -0.161. The fourth-order valence-electron chi connectivity index (χ4n) is 7.60. The minimum atomic E-state index is -4.71. The van der Waals surface area contributed by atoms with E-state index in [0.29, 0.717) is 12.8 Å². The van der Waals surface area contributed by atoms with Gasteiger partial charge >= 0.3 is 25.7 Å². The van der Waals surface area contributed by atoms with Crippen molar-refractivity contribution in [3.05, 3.63) is 0 Å². The number of carbonyl (C=O) groups excluding carboxylic acids is 2. The van der Waals surface area contributed by atoms with Gasteiger partial charge in [-0.25, -0.2) is 4.57 Å². The van der Waals surface area contributed by atoms with E-state index in [1.54, 1.807) is 0 Å². The second kappa shape index (κ2) is 45.1. The van der Waals surface area contributed by atoms with Gasteiger partial charge in [0.15, 0.2) is 6.10 Å². The molecular weight excluding hydrogens is 794 g/mol. The SMILES string of the molecule is CCCCCCCCCCCCCCCCCCCCCCC(=O)OC(COC(=O)CCCCCCCCCCCCCCCCCCC)COP(=O)(O)OCC(N)C(=O)O. The predicted octanol–water partition coefficient (Wildman–Crippen LogP) is 14.2. The normalized spacial score (nSPS) is 13.5. The van der Waals surface area contributed by atoms with Gasteiger partial charge in [0, 0.05) is 12.8 Å². The summed E-state index contributed by atoms with van der Waals surface area (Å²) in [6, 6.07) is -1.52. The number of ether oxygens (including phenoxy) is 2. The highest BCUT2D eigenvalue weighted by molar-refractivity contribution is 7.47. The van der Waals surface area contributed by atoms with E-state index in [4.69, 9.17) is 24.8 Å². The molecule has 0 bridgehead atoms. The Morgan fingerprint density at radius 1 is 0.443 bits per heavy atom. The monoisotopic (exact) mass is 890 g/mol. The molecule has 61 heavy (non-hydrogen) atoms. The Balaban J connectivity index is 4.20. The number of carbonyl (C=O) groups is 3. The van der Waals surface area contributed by atoms with Crippen molar-refractivity contribution in [2.75, 3.05) is 19.8 Å². The number of phosphoric acid groups is 1. The van der Waals surface area contributed by atoms with Crippen molar-refractivity contribution >= 4 is 25.7 Å².